The Labute approximate surface area is 169 Å². The van der Waals surface area contributed by atoms with E-state index < -0.39 is 0 Å². The van der Waals surface area contributed by atoms with Crippen molar-refractivity contribution < 1.29 is 5.11 Å². The first-order chi connectivity index (χ1) is 13.8. The van der Waals surface area contributed by atoms with E-state index in [0.717, 1.165) is 17.1 Å². The second kappa shape index (κ2) is 8.50. The molecule has 0 aromatic carbocycles. The molecule has 0 saturated carbocycles. The highest BCUT2D eigenvalue weighted by atomic mass is 32.1. The van der Waals surface area contributed by atoms with Gasteiger partial charge in [0.25, 0.3) is 0 Å². The van der Waals surface area contributed by atoms with Crippen LogP contribution in [0.2, 0.25) is 0 Å². The molecule has 1 saturated heterocycles. The summed E-state index contributed by atoms with van der Waals surface area (Å²) in [6.07, 6.45) is 6.36. The van der Waals surface area contributed by atoms with Gasteiger partial charge in [0.2, 0.25) is 0 Å². The molecule has 28 heavy (non-hydrogen) atoms. The minimum Gasteiger partial charge on any atom is -0.396 e. The molecule has 0 bridgehead atoms. The van der Waals surface area contributed by atoms with Crippen molar-refractivity contribution in [2.75, 3.05) is 13.2 Å². The summed E-state index contributed by atoms with van der Waals surface area (Å²) >= 11 is 5.64. The molecule has 0 unspecified atom stereocenters. The lowest BCUT2D eigenvalue weighted by Crippen LogP contribution is -2.32. The largest absolute Gasteiger partial charge is 0.396 e. The molecule has 1 aliphatic rings. The summed E-state index contributed by atoms with van der Waals surface area (Å²) in [5, 5.41) is 13.5. The second-order valence-electron chi connectivity index (χ2n) is 6.78. The van der Waals surface area contributed by atoms with Gasteiger partial charge in [-0.1, -0.05) is 12.1 Å². The van der Waals surface area contributed by atoms with Crippen molar-refractivity contribution in [2.45, 2.75) is 25.0 Å². The van der Waals surface area contributed by atoms with E-state index in [1.807, 2.05) is 42.6 Å². The highest BCUT2D eigenvalue weighted by Crippen LogP contribution is 2.38. The fraction of sp³-hybridized carbons (Fsp3) is 0.286. The van der Waals surface area contributed by atoms with Crippen molar-refractivity contribution in [1.82, 2.24) is 24.8 Å². The van der Waals surface area contributed by atoms with Crippen LogP contribution < -0.4 is 5.32 Å². The molecular weight excluding hydrogens is 370 g/mol. The van der Waals surface area contributed by atoms with Gasteiger partial charge in [0, 0.05) is 37.4 Å². The highest BCUT2D eigenvalue weighted by Gasteiger charge is 2.40. The van der Waals surface area contributed by atoms with Crippen molar-refractivity contribution in [2.24, 2.45) is 0 Å². The number of nitrogens with zero attached hydrogens (tertiary/aromatic N) is 4. The average molecular weight is 394 g/mol. The van der Waals surface area contributed by atoms with Crippen LogP contribution >= 0.6 is 12.2 Å². The Bertz CT molecular complexity index is 915. The van der Waals surface area contributed by atoms with Crippen molar-refractivity contribution in [1.29, 1.82) is 0 Å². The summed E-state index contributed by atoms with van der Waals surface area (Å²) in [4.78, 5) is 11.2. The number of hydrogen-bond donors (Lipinski definition) is 2. The van der Waals surface area contributed by atoms with Crippen LogP contribution in [0.4, 0.5) is 0 Å². The Morgan fingerprint density at radius 1 is 1.04 bits per heavy atom. The molecule has 0 aliphatic carbocycles. The lowest BCUT2D eigenvalue weighted by atomic mass is 10.0. The van der Waals surface area contributed by atoms with E-state index in [9.17, 15) is 5.11 Å². The van der Waals surface area contributed by atoms with Crippen molar-refractivity contribution in [3.05, 3.63) is 84.2 Å². The first kappa shape index (κ1) is 18.6. The molecule has 2 N–H and O–H groups in total. The third kappa shape index (κ3) is 3.76. The lowest BCUT2D eigenvalue weighted by Gasteiger charge is -2.28. The zero-order chi connectivity index (χ0) is 19.3. The Kier molecular flexibility index (Phi) is 5.64. The number of pyridine rings is 2. The Morgan fingerprint density at radius 2 is 1.86 bits per heavy atom. The van der Waals surface area contributed by atoms with E-state index in [2.05, 4.69) is 43.1 Å². The molecule has 4 heterocycles. The van der Waals surface area contributed by atoms with Crippen LogP contribution in [0.25, 0.3) is 0 Å². The Hall–Kier alpha value is -2.77. The van der Waals surface area contributed by atoms with Gasteiger partial charge in [-0.2, -0.15) is 0 Å². The van der Waals surface area contributed by atoms with E-state index in [1.165, 1.54) is 0 Å². The summed E-state index contributed by atoms with van der Waals surface area (Å²) < 4.78 is 2.21. The molecule has 3 aromatic rings. The van der Waals surface area contributed by atoms with E-state index in [-0.39, 0.29) is 18.7 Å². The van der Waals surface area contributed by atoms with Gasteiger partial charge in [0.1, 0.15) is 0 Å². The number of thiocarbonyl (C=S) groups is 1. The summed E-state index contributed by atoms with van der Waals surface area (Å²) in [7, 11) is 0. The third-order valence-electron chi connectivity index (χ3n) is 4.98. The fourth-order valence-corrected chi connectivity index (χ4v) is 4.05. The van der Waals surface area contributed by atoms with Gasteiger partial charge >= 0.3 is 0 Å². The van der Waals surface area contributed by atoms with Gasteiger partial charge in [-0.05, 0) is 55.0 Å². The zero-order valence-electron chi connectivity index (χ0n) is 15.5. The number of rotatable bonds is 7. The molecule has 3 aromatic heterocycles. The number of hydrogen-bond acceptors (Lipinski definition) is 4. The lowest BCUT2D eigenvalue weighted by molar-refractivity contribution is 0.243. The van der Waals surface area contributed by atoms with E-state index in [1.54, 1.807) is 6.20 Å². The van der Waals surface area contributed by atoms with Crippen LogP contribution in [-0.4, -0.2) is 42.8 Å². The van der Waals surface area contributed by atoms with Crippen LogP contribution in [0.15, 0.2) is 67.1 Å². The first-order valence-corrected chi connectivity index (χ1v) is 9.82. The molecule has 144 valence electrons. The average Bonchev–Trinajstić information content (AvgIpc) is 3.31. The van der Waals surface area contributed by atoms with E-state index in [4.69, 9.17) is 12.2 Å². The maximum absolute atomic E-state index is 9.35. The molecule has 0 spiro atoms. The zero-order valence-corrected chi connectivity index (χ0v) is 16.3. The quantitative estimate of drug-likeness (QED) is 0.602. The van der Waals surface area contributed by atoms with Gasteiger partial charge in [-0.25, -0.2) is 0 Å². The monoisotopic (exact) mass is 393 g/mol. The molecule has 1 fully saturated rings. The van der Waals surface area contributed by atoms with Crippen molar-refractivity contribution >= 4 is 17.3 Å². The number of aliphatic hydroxyl groups excluding tert-OH is 1. The smallest absolute Gasteiger partial charge is 0.170 e. The highest BCUT2D eigenvalue weighted by molar-refractivity contribution is 7.80. The maximum Gasteiger partial charge on any atom is 0.170 e. The maximum atomic E-state index is 9.35. The number of aliphatic hydroxyl groups is 1. The van der Waals surface area contributed by atoms with Crippen LogP contribution in [0.5, 0.6) is 0 Å². The van der Waals surface area contributed by atoms with Gasteiger partial charge in [-0.3, -0.25) is 9.97 Å². The predicted molar refractivity (Wildman–Crippen MR) is 112 cm³/mol. The summed E-state index contributed by atoms with van der Waals surface area (Å²) in [5.41, 5.74) is 3.10. The topological polar surface area (TPSA) is 66.2 Å². The molecule has 1 aliphatic heterocycles. The van der Waals surface area contributed by atoms with Crippen LogP contribution in [0, 0.1) is 0 Å². The van der Waals surface area contributed by atoms with Gasteiger partial charge < -0.3 is 19.9 Å². The predicted octanol–water partition coefficient (Wildman–Crippen LogP) is 2.68. The van der Waals surface area contributed by atoms with Crippen molar-refractivity contribution in [3.63, 3.8) is 0 Å². The van der Waals surface area contributed by atoms with Crippen LogP contribution in [0.1, 0.15) is 35.6 Å². The molecule has 6 nitrogen and oxygen atoms in total. The Balaban J connectivity index is 1.70. The summed E-state index contributed by atoms with van der Waals surface area (Å²) in [6, 6.07) is 16.0. The SMILES string of the molecule is OCCCN1C(=S)N[C@@H](c2ccccn2)[C@H]1c1cccn1Cc1ccccn1. The molecule has 7 heteroatoms. The molecule has 4 rings (SSSR count). The molecule has 0 radical (unpaired) electrons. The minimum absolute atomic E-state index is 0.00679. The molecule has 0 amide bonds. The van der Waals surface area contributed by atoms with Gasteiger partial charge in [0.15, 0.2) is 5.11 Å². The Morgan fingerprint density at radius 3 is 2.57 bits per heavy atom. The van der Waals surface area contributed by atoms with E-state index in [0.29, 0.717) is 24.6 Å². The second-order valence-corrected chi connectivity index (χ2v) is 7.17. The molecular formula is C21H23N5OS. The third-order valence-corrected chi connectivity index (χ3v) is 5.33. The van der Waals surface area contributed by atoms with E-state index >= 15 is 0 Å². The van der Waals surface area contributed by atoms with Crippen LogP contribution in [-0.2, 0) is 6.54 Å². The van der Waals surface area contributed by atoms with Gasteiger partial charge in [-0.15, -0.1) is 0 Å². The standard InChI is InChI=1S/C21H23N5OS/c27-14-6-13-26-20(19(24-21(26)28)17-8-2-4-11-23-17)18-9-5-12-25(18)15-16-7-1-3-10-22-16/h1-5,7-12,19-20,27H,6,13-15H2,(H,24,28)/t19-,20+/m0/s1. The summed E-state index contributed by atoms with van der Waals surface area (Å²) in [6.45, 7) is 1.51. The summed E-state index contributed by atoms with van der Waals surface area (Å²) in [5.74, 6) is 0. The normalized spacial score (nSPS) is 19.0. The minimum atomic E-state index is -0.0511. The van der Waals surface area contributed by atoms with Gasteiger partial charge in [0.05, 0.1) is 30.0 Å². The first-order valence-electron chi connectivity index (χ1n) is 9.42. The van der Waals surface area contributed by atoms with Crippen LogP contribution in [0.3, 0.4) is 0 Å². The number of nitrogens with one attached hydrogen (secondary N) is 1. The fourth-order valence-electron chi connectivity index (χ4n) is 3.71. The molecule has 2 atom stereocenters. The van der Waals surface area contributed by atoms with Crippen molar-refractivity contribution in [3.8, 4) is 0 Å². The number of aromatic nitrogens is 3.